The van der Waals surface area contributed by atoms with Crippen LogP contribution >= 0.6 is 0 Å². The summed E-state index contributed by atoms with van der Waals surface area (Å²) >= 11 is 0. The lowest BCUT2D eigenvalue weighted by Crippen LogP contribution is -2.49. The number of amides is 1. The van der Waals surface area contributed by atoms with Crippen molar-refractivity contribution in [3.05, 3.63) is 104 Å². The zero-order valence-electron chi connectivity index (χ0n) is 15.4. The Kier molecular flexibility index (Phi) is 4.69. The topological polar surface area (TPSA) is 86.0 Å². The van der Waals surface area contributed by atoms with Crippen molar-refractivity contribution in [2.45, 2.75) is 18.3 Å². The van der Waals surface area contributed by atoms with Crippen LogP contribution in [0.5, 0.6) is 0 Å². The van der Waals surface area contributed by atoms with Crippen LogP contribution in [-0.2, 0) is 5.41 Å². The van der Waals surface area contributed by atoms with Crippen LogP contribution in [0.3, 0.4) is 0 Å². The van der Waals surface area contributed by atoms with Gasteiger partial charge in [-0.3, -0.25) is 14.6 Å². The molecule has 1 saturated heterocycles. The summed E-state index contributed by atoms with van der Waals surface area (Å²) in [4.78, 5) is 42.5. The summed E-state index contributed by atoms with van der Waals surface area (Å²) in [6.07, 6.45) is 1.74. The maximum Gasteiger partial charge on any atom is 0.326 e. The molecule has 6 heteroatoms. The number of likely N-dealkylation sites (tertiary alicyclic amines) is 1. The molecule has 1 amide bonds. The highest BCUT2D eigenvalue weighted by Gasteiger charge is 2.40. The second-order valence-corrected chi connectivity index (χ2v) is 7.15. The van der Waals surface area contributed by atoms with Crippen LogP contribution in [0, 0.1) is 0 Å². The van der Waals surface area contributed by atoms with Crippen LogP contribution in [0.1, 0.15) is 34.5 Å². The van der Waals surface area contributed by atoms with E-state index in [-0.39, 0.29) is 17.0 Å². The van der Waals surface area contributed by atoms with E-state index in [0.29, 0.717) is 13.1 Å². The van der Waals surface area contributed by atoms with Gasteiger partial charge in [0.15, 0.2) is 0 Å². The zero-order valence-corrected chi connectivity index (χ0v) is 15.4. The van der Waals surface area contributed by atoms with Crippen molar-refractivity contribution in [3.63, 3.8) is 0 Å². The number of nitrogens with zero attached hydrogens (tertiary/aromatic N) is 1. The van der Waals surface area contributed by atoms with Crippen LogP contribution in [-0.4, -0.2) is 33.9 Å². The SMILES string of the molecule is O=C(c1cc(=O)[nH]c(=O)[nH]1)N1CCCC(c2ccccc2)(c2ccccc2)C1. The molecule has 0 unspecified atom stereocenters. The van der Waals surface area contributed by atoms with Gasteiger partial charge in [-0.25, -0.2) is 4.79 Å². The first kappa shape index (κ1) is 18.0. The summed E-state index contributed by atoms with van der Waals surface area (Å²) in [6, 6.07) is 21.5. The smallest absolute Gasteiger partial charge is 0.326 e. The Morgan fingerprint density at radius 3 is 2.07 bits per heavy atom. The fourth-order valence-corrected chi connectivity index (χ4v) is 4.14. The van der Waals surface area contributed by atoms with E-state index in [0.717, 1.165) is 30.0 Å². The maximum atomic E-state index is 13.1. The molecule has 1 fully saturated rings. The Labute approximate surface area is 161 Å². The molecule has 2 heterocycles. The minimum atomic E-state index is -0.676. The van der Waals surface area contributed by atoms with Crippen molar-refractivity contribution in [2.24, 2.45) is 0 Å². The lowest BCUT2D eigenvalue weighted by atomic mass is 9.69. The molecule has 1 aromatic heterocycles. The molecular formula is C22H21N3O3. The van der Waals surface area contributed by atoms with Gasteiger partial charge < -0.3 is 9.88 Å². The third-order valence-electron chi connectivity index (χ3n) is 5.42. The van der Waals surface area contributed by atoms with Crippen molar-refractivity contribution in [2.75, 3.05) is 13.1 Å². The first-order valence-electron chi connectivity index (χ1n) is 9.32. The molecule has 142 valence electrons. The van der Waals surface area contributed by atoms with Gasteiger partial charge in [0.25, 0.3) is 11.5 Å². The number of hydrogen-bond acceptors (Lipinski definition) is 3. The van der Waals surface area contributed by atoms with Gasteiger partial charge in [-0.2, -0.15) is 0 Å². The zero-order chi connectivity index (χ0) is 19.6. The van der Waals surface area contributed by atoms with Crippen molar-refractivity contribution < 1.29 is 4.79 Å². The number of aromatic amines is 2. The number of aromatic nitrogens is 2. The first-order valence-corrected chi connectivity index (χ1v) is 9.32. The minimum Gasteiger partial charge on any atom is -0.336 e. The monoisotopic (exact) mass is 375 g/mol. The predicted molar refractivity (Wildman–Crippen MR) is 106 cm³/mol. The Morgan fingerprint density at radius 2 is 1.50 bits per heavy atom. The fourth-order valence-electron chi connectivity index (χ4n) is 4.14. The van der Waals surface area contributed by atoms with Crippen LogP contribution in [0.2, 0.25) is 0 Å². The van der Waals surface area contributed by atoms with Gasteiger partial charge in [0.2, 0.25) is 0 Å². The summed E-state index contributed by atoms with van der Waals surface area (Å²) in [5, 5.41) is 0. The van der Waals surface area contributed by atoms with E-state index >= 15 is 0 Å². The van der Waals surface area contributed by atoms with E-state index in [2.05, 4.69) is 34.2 Å². The number of hydrogen-bond donors (Lipinski definition) is 2. The van der Waals surface area contributed by atoms with Crippen LogP contribution < -0.4 is 11.2 Å². The molecule has 0 radical (unpaired) electrons. The van der Waals surface area contributed by atoms with E-state index in [9.17, 15) is 14.4 Å². The molecule has 0 bridgehead atoms. The molecule has 0 spiro atoms. The molecule has 4 rings (SSSR count). The van der Waals surface area contributed by atoms with Crippen LogP contribution in [0.4, 0.5) is 0 Å². The minimum absolute atomic E-state index is 0.0191. The third kappa shape index (κ3) is 3.29. The van der Waals surface area contributed by atoms with Gasteiger partial charge in [0, 0.05) is 24.6 Å². The van der Waals surface area contributed by atoms with E-state index in [4.69, 9.17) is 0 Å². The maximum absolute atomic E-state index is 13.1. The van der Waals surface area contributed by atoms with Crippen LogP contribution in [0.25, 0.3) is 0 Å². The van der Waals surface area contributed by atoms with E-state index < -0.39 is 11.2 Å². The number of benzene rings is 2. The Hall–Kier alpha value is -3.41. The molecule has 0 aliphatic carbocycles. The fraction of sp³-hybridized carbons (Fsp3) is 0.227. The number of rotatable bonds is 3. The van der Waals surface area contributed by atoms with Gasteiger partial charge in [-0.05, 0) is 24.0 Å². The van der Waals surface area contributed by atoms with Gasteiger partial charge >= 0.3 is 5.69 Å². The Morgan fingerprint density at radius 1 is 0.893 bits per heavy atom. The molecule has 6 nitrogen and oxygen atoms in total. The van der Waals surface area contributed by atoms with E-state index in [1.165, 1.54) is 0 Å². The molecule has 2 N–H and O–H groups in total. The molecule has 1 aliphatic heterocycles. The van der Waals surface area contributed by atoms with E-state index in [1.54, 1.807) is 4.90 Å². The average molecular weight is 375 g/mol. The number of H-pyrrole nitrogens is 2. The predicted octanol–water partition coefficient (Wildman–Crippen LogP) is 2.29. The summed E-state index contributed by atoms with van der Waals surface area (Å²) in [5.41, 5.74) is 0.728. The van der Waals surface area contributed by atoms with Gasteiger partial charge in [0.1, 0.15) is 5.69 Å². The third-order valence-corrected chi connectivity index (χ3v) is 5.42. The van der Waals surface area contributed by atoms with Crippen LogP contribution in [0.15, 0.2) is 76.3 Å². The number of carbonyl (C=O) groups excluding carboxylic acids is 1. The highest BCUT2D eigenvalue weighted by atomic mass is 16.2. The Bertz CT molecular complexity index is 1020. The summed E-state index contributed by atoms with van der Waals surface area (Å²) in [5.74, 6) is -0.334. The largest absolute Gasteiger partial charge is 0.336 e. The summed E-state index contributed by atoms with van der Waals surface area (Å²) < 4.78 is 0. The van der Waals surface area contributed by atoms with Crippen molar-refractivity contribution in [1.29, 1.82) is 0 Å². The van der Waals surface area contributed by atoms with Crippen molar-refractivity contribution >= 4 is 5.91 Å². The van der Waals surface area contributed by atoms with Crippen molar-refractivity contribution in [1.82, 2.24) is 14.9 Å². The number of piperidine rings is 1. The average Bonchev–Trinajstić information content (AvgIpc) is 2.74. The highest BCUT2D eigenvalue weighted by Crippen LogP contribution is 2.40. The molecule has 2 aromatic carbocycles. The van der Waals surface area contributed by atoms with Gasteiger partial charge in [0.05, 0.1) is 0 Å². The van der Waals surface area contributed by atoms with Gasteiger partial charge in [-0.15, -0.1) is 0 Å². The molecular weight excluding hydrogens is 354 g/mol. The molecule has 3 aromatic rings. The van der Waals surface area contributed by atoms with E-state index in [1.807, 2.05) is 36.4 Å². The summed E-state index contributed by atoms with van der Waals surface area (Å²) in [7, 11) is 0. The molecule has 28 heavy (non-hydrogen) atoms. The molecule has 0 atom stereocenters. The van der Waals surface area contributed by atoms with Gasteiger partial charge in [-0.1, -0.05) is 60.7 Å². The second kappa shape index (κ2) is 7.31. The standard InChI is InChI=1S/C22H21N3O3/c26-19-14-18(23-21(28)24-19)20(27)25-13-7-12-22(15-25,16-8-3-1-4-9-16)17-10-5-2-6-11-17/h1-6,8-11,14H,7,12-13,15H2,(H2,23,24,26,28). The second-order valence-electron chi connectivity index (χ2n) is 7.15. The first-order chi connectivity index (χ1) is 13.6. The number of nitrogens with one attached hydrogen (secondary N) is 2. The molecule has 1 aliphatic rings. The van der Waals surface area contributed by atoms with Crippen molar-refractivity contribution in [3.8, 4) is 0 Å². The lowest BCUT2D eigenvalue weighted by molar-refractivity contribution is 0.0659. The lowest BCUT2D eigenvalue weighted by Gasteiger charge is -2.44. The normalized spacial score (nSPS) is 15.9. The Balaban J connectivity index is 1.76. The summed E-state index contributed by atoms with van der Waals surface area (Å²) in [6.45, 7) is 1.06. The highest BCUT2D eigenvalue weighted by molar-refractivity contribution is 5.92. The number of carbonyl (C=O) groups is 1. The molecule has 0 saturated carbocycles. The quantitative estimate of drug-likeness (QED) is 0.736.